The molecular formula is C19H15ClFN3O3S. The summed E-state index contributed by atoms with van der Waals surface area (Å²) < 4.78 is 18.0. The number of carbonyl (C=O) groups excluding carboxylic acids is 2. The van der Waals surface area contributed by atoms with E-state index >= 15 is 0 Å². The number of aromatic nitrogens is 1. The molecule has 0 fully saturated rings. The molecule has 0 bridgehead atoms. The van der Waals surface area contributed by atoms with Crippen molar-refractivity contribution in [1.82, 2.24) is 4.98 Å². The minimum atomic E-state index is -0.718. The van der Waals surface area contributed by atoms with E-state index in [1.165, 1.54) is 17.4 Å². The zero-order valence-electron chi connectivity index (χ0n) is 14.4. The average Bonchev–Trinajstić information content (AvgIpc) is 3.17. The van der Waals surface area contributed by atoms with Gasteiger partial charge in [-0.05, 0) is 23.8 Å². The molecule has 0 spiro atoms. The lowest BCUT2D eigenvalue weighted by Gasteiger charge is -2.07. The molecule has 0 saturated carbocycles. The smallest absolute Gasteiger partial charge is 0.358 e. The van der Waals surface area contributed by atoms with Gasteiger partial charge < -0.3 is 15.4 Å². The fourth-order valence-electron chi connectivity index (χ4n) is 2.20. The van der Waals surface area contributed by atoms with Crippen LogP contribution in [0.2, 0.25) is 5.02 Å². The summed E-state index contributed by atoms with van der Waals surface area (Å²) >= 11 is 7.09. The summed E-state index contributed by atoms with van der Waals surface area (Å²) in [6.07, 6.45) is 0. The topological polar surface area (TPSA) is 80.3 Å². The van der Waals surface area contributed by atoms with Crippen LogP contribution in [-0.2, 0) is 16.1 Å². The van der Waals surface area contributed by atoms with Crippen molar-refractivity contribution in [3.63, 3.8) is 0 Å². The van der Waals surface area contributed by atoms with Crippen LogP contribution in [0, 0.1) is 5.82 Å². The number of anilines is 2. The van der Waals surface area contributed by atoms with E-state index in [1.807, 2.05) is 30.3 Å². The first-order chi connectivity index (χ1) is 13.5. The summed E-state index contributed by atoms with van der Waals surface area (Å²) in [6, 6.07) is 13.3. The summed E-state index contributed by atoms with van der Waals surface area (Å²) in [5.41, 5.74) is 1.41. The van der Waals surface area contributed by atoms with E-state index in [4.69, 9.17) is 16.3 Å². The van der Waals surface area contributed by atoms with Crippen LogP contribution < -0.4 is 10.6 Å². The Morgan fingerprint density at radius 2 is 1.96 bits per heavy atom. The first-order valence-electron chi connectivity index (χ1n) is 8.16. The minimum Gasteiger partial charge on any atom is -0.451 e. The summed E-state index contributed by atoms with van der Waals surface area (Å²) in [4.78, 5) is 28.1. The number of nitrogens with one attached hydrogen (secondary N) is 2. The van der Waals surface area contributed by atoms with Gasteiger partial charge in [-0.15, -0.1) is 11.3 Å². The first-order valence-corrected chi connectivity index (χ1v) is 9.42. The third-order valence-corrected chi connectivity index (χ3v) is 4.65. The van der Waals surface area contributed by atoms with E-state index in [2.05, 4.69) is 15.6 Å². The molecule has 3 aromatic rings. The fourth-order valence-corrected chi connectivity index (χ4v) is 3.10. The normalized spacial score (nSPS) is 10.4. The van der Waals surface area contributed by atoms with Gasteiger partial charge in [0.1, 0.15) is 5.82 Å². The van der Waals surface area contributed by atoms with Crippen LogP contribution in [0.5, 0.6) is 0 Å². The van der Waals surface area contributed by atoms with Gasteiger partial charge >= 0.3 is 5.97 Å². The molecule has 9 heteroatoms. The Labute approximate surface area is 169 Å². The Kier molecular flexibility index (Phi) is 6.57. The Morgan fingerprint density at radius 1 is 1.18 bits per heavy atom. The van der Waals surface area contributed by atoms with Crippen molar-refractivity contribution < 1.29 is 18.7 Å². The number of hydrogen-bond donors (Lipinski definition) is 2. The van der Waals surface area contributed by atoms with Gasteiger partial charge in [0, 0.05) is 11.9 Å². The Balaban J connectivity index is 1.48. The lowest BCUT2D eigenvalue weighted by Crippen LogP contribution is -2.21. The van der Waals surface area contributed by atoms with Gasteiger partial charge in [-0.1, -0.05) is 41.9 Å². The maximum Gasteiger partial charge on any atom is 0.358 e. The van der Waals surface area contributed by atoms with Gasteiger partial charge in [0.2, 0.25) is 0 Å². The van der Waals surface area contributed by atoms with Gasteiger partial charge in [-0.3, -0.25) is 4.79 Å². The average molecular weight is 420 g/mol. The molecule has 0 saturated heterocycles. The number of hydrogen-bond acceptors (Lipinski definition) is 6. The Hall–Kier alpha value is -2.97. The molecule has 2 aromatic carbocycles. The molecule has 1 amide bonds. The zero-order valence-corrected chi connectivity index (χ0v) is 16.0. The lowest BCUT2D eigenvalue weighted by molar-refractivity contribution is -0.119. The van der Waals surface area contributed by atoms with Crippen LogP contribution in [-0.4, -0.2) is 23.5 Å². The van der Waals surface area contributed by atoms with Gasteiger partial charge in [0.25, 0.3) is 5.91 Å². The molecule has 0 aliphatic carbocycles. The molecule has 0 aliphatic heterocycles. The summed E-state index contributed by atoms with van der Waals surface area (Å²) in [6.45, 7) is 0.0561. The van der Waals surface area contributed by atoms with Crippen molar-refractivity contribution in [1.29, 1.82) is 0 Å². The van der Waals surface area contributed by atoms with Crippen molar-refractivity contribution in [2.75, 3.05) is 17.2 Å². The second kappa shape index (κ2) is 9.29. The Bertz CT molecular complexity index is 982. The fraction of sp³-hybridized carbons (Fsp3) is 0.105. The number of thiazole rings is 1. The second-order valence-electron chi connectivity index (χ2n) is 5.63. The predicted octanol–water partition coefficient (Wildman–Crippen LogP) is 4.34. The van der Waals surface area contributed by atoms with Crippen molar-refractivity contribution in [2.45, 2.75) is 6.54 Å². The van der Waals surface area contributed by atoms with E-state index in [0.717, 1.165) is 17.7 Å². The van der Waals surface area contributed by atoms with E-state index in [0.29, 0.717) is 11.7 Å². The molecule has 6 nitrogen and oxygen atoms in total. The van der Waals surface area contributed by atoms with E-state index in [9.17, 15) is 14.0 Å². The third kappa shape index (κ3) is 5.51. The van der Waals surface area contributed by atoms with Gasteiger partial charge in [-0.2, -0.15) is 0 Å². The molecular weight excluding hydrogens is 405 g/mol. The van der Waals surface area contributed by atoms with Crippen molar-refractivity contribution >= 4 is 45.6 Å². The summed E-state index contributed by atoms with van der Waals surface area (Å²) in [5, 5.41) is 7.73. The highest BCUT2D eigenvalue weighted by Crippen LogP contribution is 2.22. The third-order valence-electron chi connectivity index (χ3n) is 3.54. The molecule has 0 radical (unpaired) electrons. The highest BCUT2D eigenvalue weighted by Gasteiger charge is 2.15. The largest absolute Gasteiger partial charge is 0.451 e. The van der Waals surface area contributed by atoms with Crippen LogP contribution in [0.1, 0.15) is 16.1 Å². The van der Waals surface area contributed by atoms with Crippen molar-refractivity contribution in [3.05, 3.63) is 76.0 Å². The molecule has 28 heavy (non-hydrogen) atoms. The monoisotopic (exact) mass is 419 g/mol. The Morgan fingerprint density at radius 3 is 2.71 bits per heavy atom. The minimum absolute atomic E-state index is 0.0494. The van der Waals surface area contributed by atoms with E-state index < -0.39 is 24.3 Å². The van der Waals surface area contributed by atoms with Gasteiger partial charge in [0.05, 0.1) is 10.7 Å². The molecule has 1 aromatic heterocycles. The molecule has 3 rings (SSSR count). The summed E-state index contributed by atoms with van der Waals surface area (Å²) in [7, 11) is 0. The highest BCUT2D eigenvalue weighted by molar-refractivity contribution is 7.13. The maximum absolute atomic E-state index is 13.0. The van der Waals surface area contributed by atoms with Crippen molar-refractivity contribution in [3.8, 4) is 0 Å². The molecule has 2 N–H and O–H groups in total. The predicted molar refractivity (Wildman–Crippen MR) is 106 cm³/mol. The number of esters is 1. The van der Waals surface area contributed by atoms with Gasteiger partial charge in [0.15, 0.2) is 17.4 Å². The van der Waals surface area contributed by atoms with Crippen LogP contribution >= 0.6 is 22.9 Å². The SMILES string of the molecule is O=C(COC(=O)c1csc(NCc2ccccc2)n1)Nc1ccc(F)cc1Cl. The number of ether oxygens (including phenoxy) is 1. The number of amides is 1. The standard InChI is InChI=1S/C19H15ClFN3O3S/c20-14-8-13(21)6-7-15(14)23-17(25)10-27-18(26)16-11-28-19(24-16)22-9-12-4-2-1-3-5-12/h1-8,11H,9-10H2,(H,22,24)(H,23,25). The van der Waals surface area contributed by atoms with E-state index in [-0.39, 0.29) is 16.4 Å². The number of rotatable bonds is 7. The van der Waals surface area contributed by atoms with Crippen LogP contribution in [0.3, 0.4) is 0 Å². The van der Waals surface area contributed by atoms with Crippen molar-refractivity contribution in [2.24, 2.45) is 0 Å². The van der Waals surface area contributed by atoms with Crippen LogP contribution in [0.25, 0.3) is 0 Å². The molecule has 0 atom stereocenters. The number of nitrogens with zero attached hydrogens (tertiary/aromatic N) is 1. The number of carbonyl (C=O) groups is 2. The van der Waals surface area contributed by atoms with Gasteiger partial charge in [-0.25, -0.2) is 14.2 Å². The summed E-state index contributed by atoms with van der Waals surface area (Å²) in [5.74, 6) is -1.83. The second-order valence-corrected chi connectivity index (χ2v) is 6.89. The maximum atomic E-state index is 13.0. The molecule has 0 unspecified atom stereocenters. The molecule has 1 heterocycles. The zero-order chi connectivity index (χ0) is 19.9. The lowest BCUT2D eigenvalue weighted by atomic mass is 10.2. The first kappa shape index (κ1) is 19.8. The van der Waals surface area contributed by atoms with E-state index in [1.54, 1.807) is 5.38 Å². The quantitative estimate of drug-likeness (QED) is 0.557. The highest BCUT2D eigenvalue weighted by atomic mass is 35.5. The van der Waals surface area contributed by atoms with Crippen LogP contribution in [0.15, 0.2) is 53.9 Å². The van der Waals surface area contributed by atoms with Crippen LogP contribution in [0.4, 0.5) is 15.2 Å². The molecule has 0 aliphatic rings. The number of halogens is 2. The molecule has 144 valence electrons. The number of benzene rings is 2.